The van der Waals surface area contributed by atoms with Crippen molar-refractivity contribution in [2.24, 2.45) is 0 Å². The van der Waals surface area contributed by atoms with Crippen LogP contribution in [0, 0.1) is 0 Å². The average Bonchev–Trinajstić information content (AvgIpc) is 3.74. The Kier molecular flexibility index (Phi) is 6.25. The molecule has 2 aliphatic carbocycles. The Morgan fingerprint density at radius 3 is 1.66 bits per heavy atom. The number of aromatic nitrogens is 1. The predicted molar refractivity (Wildman–Crippen MR) is 217 cm³/mol. The molecule has 0 fully saturated rings. The molecular formula is C51H35NO. The summed E-state index contributed by atoms with van der Waals surface area (Å²) in [6.45, 7) is 4.77. The van der Waals surface area contributed by atoms with Crippen LogP contribution in [0.15, 0.2) is 180 Å². The largest absolute Gasteiger partial charge is 0.455 e. The van der Waals surface area contributed by atoms with E-state index in [9.17, 15) is 0 Å². The van der Waals surface area contributed by atoms with Gasteiger partial charge in [-0.2, -0.15) is 0 Å². The molecule has 9 aromatic rings. The Morgan fingerprint density at radius 2 is 0.962 bits per heavy atom. The van der Waals surface area contributed by atoms with Gasteiger partial charge in [0.1, 0.15) is 11.2 Å². The minimum Gasteiger partial charge on any atom is -0.455 e. The van der Waals surface area contributed by atoms with Gasteiger partial charge in [-0.05, 0) is 86.0 Å². The van der Waals surface area contributed by atoms with Gasteiger partial charge < -0.3 is 4.42 Å². The highest BCUT2D eigenvalue weighted by Gasteiger charge is 2.53. The van der Waals surface area contributed by atoms with Crippen LogP contribution in [-0.2, 0) is 10.8 Å². The van der Waals surface area contributed by atoms with E-state index in [1.807, 2.05) is 6.07 Å². The summed E-state index contributed by atoms with van der Waals surface area (Å²) in [6.07, 6.45) is 0. The highest BCUT2D eigenvalue weighted by atomic mass is 16.3. The van der Waals surface area contributed by atoms with Crippen LogP contribution < -0.4 is 0 Å². The monoisotopic (exact) mass is 677 g/mol. The van der Waals surface area contributed by atoms with Crippen molar-refractivity contribution in [3.05, 3.63) is 209 Å². The minimum atomic E-state index is -0.471. The summed E-state index contributed by atoms with van der Waals surface area (Å²) in [5.74, 6) is 0. The zero-order valence-electron chi connectivity index (χ0n) is 29.6. The number of pyridine rings is 1. The van der Waals surface area contributed by atoms with E-state index in [0.29, 0.717) is 0 Å². The minimum absolute atomic E-state index is 0.241. The molecule has 0 saturated heterocycles. The van der Waals surface area contributed by atoms with Gasteiger partial charge in [-0.25, -0.2) is 4.98 Å². The van der Waals surface area contributed by atoms with Crippen molar-refractivity contribution in [2.75, 3.05) is 0 Å². The smallest absolute Gasteiger partial charge is 0.144 e. The highest BCUT2D eigenvalue weighted by Crippen LogP contribution is 2.62. The lowest BCUT2D eigenvalue weighted by Gasteiger charge is -2.46. The lowest BCUT2D eigenvalue weighted by molar-refractivity contribution is 0.563. The van der Waals surface area contributed by atoms with Gasteiger partial charge in [0.25, 0.3) is 0 Å². The summed E-state index contributed by atoms with van der Waals surface area (Å²) in [7, 11) is 0. The Morgan fingerprint density at radius 1 is 0.396 bits per heavy atom. The van der Waals surface area contributed by atoms with E-state index < -0.39 is 5.41 Å². The first-order valence-electron chi connectivity index (χ1n) is 18.5. The van der Waals surface area contributed by atoms with Gasteiger partial charge in [-0.15, -0.1) is 0 Å². The van der Waals surface area contributed by atoms with Gasteiger partial charge in [0.15, 0.2) is 0 Å². The summed E-state index contributed by atoms with van der Waals surface area (Å²) in [5.41, 5.74) is 17.8. The van der Waals surface area contributed by atoms with Crippen molar-refractivity contribution in [2.45, 2.75) is 24.7 Å². The molecule has 2 heteroatoms. The maximum absolute atomic E-state index is 7.09. The molecule has 0 N–H and O–H groups in total. The zero-order valence-corrected chi connectivity index (χ0v) is 29.6. The van der Waals surface area contributed by atoms with E-state index in [1.165, 1.54) is 44.5 Å². The van der Waals surface area contributed by atoms with Crippen molar-refractivity contribution < 1.29 is 4.42 Å². The number of nitrogens with zero attached hydrogens (tertiary/aromatic N) is 1. The van der Waals surface area contributed by atoms with Crippen LogP contribution in [0.4, 0.5) is 0 Å². The van der Waals surface area contributed by atoms with E-state index in [-0.39, 0.29) is 5.41 Å². The lowest BCUT2D eigenvalue weighted by Crippen LogP contribution is -2.40. The molecule has 11 rings (SSSR count). The second-order valence-electron chi connectivity index (χ2n) is 15.0. The number of rotatable bonds is 3. The molecular weight excluding hydrogens is 643 g/mol. The maximum atomic E-state index is 7.09. The second-order valence-corrected chi connectivity index (χ2v) is 15.0. The third kappa shape index (κ3) is 4.12. The lowest BCUT2D eigenvalue weighted by atomic mass is 9.55. The molecule has 1 spiro atoms. The number of fused-ring (bicyclic) bond motifs is 12. The van der Waals surface area contributed by atoms with Gasteiger partial charge in [0, 0.05) is 27.3 Å². The molecule has 53 heavy (non-hydrogen) atoms. The quantitative estimate of drug-likeness (QED) is 0.186. The van der Waals surface area contributed by atoms with Gasteiger partial charge in [0.05, 0.1) is 16.8 Å². The fourth-order valence-electron chi connectivity index (χ4n) is 9.56. The van der Waals surface area contributed by atoms with Crippen LogP contribution in [0.2, 0.25) is 0 Å². The first kappa shape index (κ1) is 30.1. The molecule has 2 heterocycles. The maximum Gasteiger partial charge on any atom is 0.144 e. The normalized spacial score (nSPS) is 14.5. The highest BCUT2D eigenvalue weighted by molar-refractivity contribution is 6.10. The van der Waals surface area contributed by atoms with Crippen LogP contribution >= 0.6 is 0 Å². The number of benzene rings is 7. The van der Waals surface area contributed by atoms with Crippen LogP contribution in [0.5, 0.6) is 0 Å². The van der Waals surface area contributed by atoms with E-state index in [1.54, 1.807) is 0 Å². The molecule has 0 atom stereocenters. The summed E-state index contributed by atoms with van der Waals surface area (Å²) in [4.78, 5) is 5.30. The van der Waals surface area contributed by atoms with Gasteiger partial charge in [-0.3, -0.25) is 0 Å². The molecule has 2 aliphatic rings. The van der Waals surface area contributed by atoms with Crippen LogP contribution in [0.25, 0.3) is 66.7 Å². The molecule has 2 aromatic heterocycles. The van der Waals surface area contributed by atoms with E-state index >= 15 is 0 Å². The first-order valence-corrected chi connectivity index (χ1v) is 18.5. The van der Waals surface area contributed by atoms with Crippen molar-refractivity contribution in [1.82, 2.24) is 4.98 Å². The fraction of sp³-hybridized carbons (Fsp3) is 0.0784. The summed E-state index contributed by atoms with van der Waals surface area (Å²) in [5, 5.41) is 2.23. The summed E-state index contributed by atoms with van der Waals surface area (Å²) < 4.78 is 7.09. The van der Waals surface area contributed by atoms with Gasteiger partial charge in [0.2, 0.25) is 0 Å². The Balaban J connectivity index is 1.20. The number of hydrogen-bond donors (Lipinski definition) is 0. The fourth-order valence-corrected chi connectivity index (χ4v) is 9.56. The number of furan rings is 1. The molecule has 2 nitrogen and oxygen atoms in total. The first-order chi connectivity index (χ1) is 26.0. The van der Waals surface area contributed by atoms with E-state index in [2.05, 4.69) is 184 Å². The molecule has 250 valence electrons. The van der Waals surface area contributed by atoms with E-state index in [0.717, 1.165) is 55.6 Å². The molecule has 0 amide bonds. The molecule has 0 saturated carbocycles. The van der Waals surface area contributed by atoms with Gasteiger partial charge >= 0.3 is 0 Å². The van der Waals surface area contributed by atoms with Crippen molar-refractivity contribution in [3.8, 4) is 44.8 Å². The Hall–Kier alpha value is -6.51. The topological polar surface area (TPSA) is 26.0 Å². The molecule has 0 bridgehead atoms. The second kappa shape index (κ2) is 11.0. The predicted octanol–water partition coefficient (Wildman–Crippen LogP) is 13.0. The Bertz CT molecular complexity index is 2810. The summed E-state index contributed by atoms with van der Waals surface area (Å²) in [6, 6.07) is 63.8. The Labute approximate surface area is 309 Å². The summed E-state index contributed by atoms with van der Waals surface area (Å²) >= 11 is 0. The standard InChI is InChI=1S/C51H35NO/c1-50(2)42-26-13-14-27-43(42)51(40-24-11-9-20-35(40)36-21-10-12-25-41(36)51)45-31-48-39(30-44(45)50)37-22-15-23-38(49(37)53-48)47-29-34(32-16-5-3-6-17-32)28-46(52-47)33-18-7-4-8-19-33/h3-31H,1-2H3. The van der Waals surface area contributed by atoms with Crippen LogP contribution in [-0.4, -0.2) is 4.98 Å². The number of para-hydroxylation sites is 1. The van der Waals surface area contributed by atoms with Crippen LogP contribution in [0.3, 0.4) is 0 Å². The molecule has 0 aliphatic heterocycles. The average molecular weight is 678 g/mol. The van der Waals surface area contributed by atoms with Crippen molar-refractivity contribution >= 4 is 21.9 Å². The zero-order chi connectivity index (χ0) is 35.3. The van der Waals surface area contributed by atoms with Gasteiger partial charge in [-0.1, -0.05) is 159 Å². The molecule has 7 aromatic carbocycles. The SMILES string of the molecule is CC1(C)c2ccccc2C2(c3ccccc3-c3ccccc32)c2cc3oc4c(-c5cc(-c6ccccc6)cc(-c6ccccc6)n5)cccc4c3cc21. The molecule has 0 unspecified atom stereocenters. The van der Waals surface area contributed by atoms with Crippen molar-refractivity contribution in [1.29, 1.82) is 0 Å². The van der Waals surface area contributed by atoms with E-state index in [4.69, 9.17) is 9.40 Å². The third-order valence-corrected chi connectivity index (χ3v) is 11.9. The number of hydrogen-bond acceptors (Lipinski definition) is 2. The third-order valence-electron chi connectivity index (χ3n) is 11.9. The van der Waals surface area contributed by atoms with Crippen molar-refractivity contribution in [3.63, 3.8) is 0 Å². The van der Waals surface area contributed by atoms with Crippen LogP contribution in [0.1, 0.15) is 47.2 Å². The molecule has 0 radical (unpaired) electrons.